The van der Waals surface area contributed by atoms with Gasteiger partial charge in [-0.2, -0.15) is 0 Å². The molecule has 0 aliphatic heterocycles. The first-order valence-electron chi connectivity index (χ1n) is 11.8. The van der Waals surface area contributed by atoms with Gasteiger partial charge < -0.3 is 19.6 Å². The third-order valence-corrected chi connectivity index (χ3v) is 6.56. The van der Waals surface area contributed by atoms with Gasteiger partial charge in [-0.1, -0.05) is 54.5 Å². The Morgan fingerprint density at radius 3 is 1.91 bits per heavy atom. The van der Waals surface area contributed by atoms with Gasteiger partial charge in [-0.25, -0.2) is 4.79 Å². The van der Waals surface area contributed by atoms with Crippen LogP contribution in [0.4, 0.5) is 0 Å². The molecule has 0 rings (SSSR count). The quantitative estimate of drug-likeness (QED) is 0.267. The van der Waals surface area contributed by atoms with Crippen LogP contribution in [0.5, 0.6) is 0 Å². The van der Waals surface area contributed by atoms with E-state index in [0.29, 0.717) is 12.2 Å². The molecule has 0 radical (unpaired) electrons. The number of rotatable bonds is 12. The highest BCUT2D eigenvalue weighted by Gasteiger charge is 2.43. The maximum absolute atomic E-state index is 13.7. The molecule has 32 heavy (non-hydrogen) atoms. The standard InChI is InChI=1S/C25H49N3O4/c1-13-25(14-2,27(10)11)23(31)26-20(24(7,8)9)21(29)28(12)19(17(4)5)16-18(6)22(30)32-15-3/h16-17,19-20,23,26,31H,13-15H2,1-12H3/b18-16+/t19-,20?,23?/m1/s1. The molecule has 0 bridgehead atoms. The number of carbonyl (C=O) groups is 2. The average molecular weight is 456 g/mol. The molecule has 0 aliphatic carbocycles. The molecule has 0 aliphatic rings. The summed E-state index contributed by atoms with van der Waals surface area (Å²) in [6.07, 6.45) is 2.39. The highest BCUT2D eigenvalue weighted by atomic mass is 16.5. The number of aliphatic hydroxyl groups is 1. The maximum atomic E-state index is 13.7. The lowest BCUT2D eigenvalue weighted by Gasteiger charge is -2.46. The molecule has 0 fully saturated rings. The number of likely N-dealkylation sites (N-methyl/N-ethyl adjacent to an activating group) is 2. The van der Waals surface area contributed by atoms with Crippen LogP contribution in [0.3, 0.4) is 0 Å². The number of aliphatic hydroxyl groups excluding tert-OH is 1. The first kappa shape index (κ1) is 30.6. The number of hydrogen-bond acceptors (Lipinski definition) is 6. The highest BCUT2D eigenvalue weighted by molar-refractivity contribution is 5.88. The molecule has 1 amide bonds. The monoisotopic (exact) mass is 455 g/mol. The summed E-state index contributed by atoms with van der Waals surface area (Å²) in [7, 11) is 5.67. The van der Waals surface area contributed by atoms with Gasteiger partial charge in [-0.15, -0.1) is 0 Å². The van der Waals surface area contributed by atoms with Gasteiger partial charge in [0.05, 0.1) is 24.2 Å². The number of nitrogens with zero attached hydrogens (tertiary/aromatic N) is 2. The lowest BCUT2D eigenvalue weighted by Crippen LogP contribution is -2.65. The Hall–Kier alpha value is -1.44. The van der Waals surface area contributed by atoms with Crippen molar-refractivity contribution in [3.05, 3.63) is 11.6 Å². The van der Waals surface area contributed by atoms with Gasteiger partial charge in [0.25, 0.3) is 0 Å². The van der Waals surface area contributed by atoms with Crippen molar-refractivity contribution in [3.8, 4) is 0 Å². The van der Waals surface area contributed by atoms with Gasteiger partial charge >= 0.3 is 5.97 Å². The van der Waals surface area contributed by atoms with E-state index in [1.165, 1.54) is 0 Å². The molecule has 2 unspecified atom stereocenters. The molecule has 188 valence electrons. The van der Waals surface area contributed by atoms with Gasteiger partial charge in [0.2, 0.25) is 5.91 Å². The summed E-state index contributed by atoms with van der Waals surface area (Å²) >= 11 is 0. The Morgan fingerprint density at radius 2 is 1.56 bits per heavy atom. The second-order valence-corrected chi connectivity index (χ2v) is 10.3. The van der Waals surface area contributed by atoms with Crippen molar-refractivity contribution in [1.29, 1.82) is 0 Å². The van der Waals surface area contributed by atoms with Gasteiger partial charge in [-0.05, 0) is 52.1 Å². The van der Waals surface area contributed by atoms with E-state index in [1.54, 1.807) is 31.9 Å². The normalized spacial score (nSPS) is 16.2. The first-order chi connectivity index (χ1) is 14.6. The summed E-state index contributed by atoms with van der Waals surface area (Å²) in [5.41, 5.74) is -0.442. The Morgan fingerprint density at radius 1 is 1.06 bits per heavy atom. The first-order valence-corrected chi connectivity index (χ1v) is 11.8. The predicted octanol–water partition coefficient (Wildman–Crippen LogP) is 3.42. The summed E-state index contributed by atoms with van der Waals surface area (Å²) in [6, 6.07) is -0.899. The molecular formula is C25H49N3O4. The zero-order valence-corrected chi connectivity index (χ0v) is 22.6. The van der Waals surface area contributed by atoms with Crippen LogP contribution in [0.1, 0.15) is 75.2 Å². The molecule has 0 spiro atoms. The van der Waals surface area contributed by atoms with Crippen molar-refractivity contribution < 1.29 is 19.4 Å². The van der Waals surface area contributed by atoms with Crippen LogP contribution in [0.15, 0.2) is 11.6 Å². The van der Waals surface area contributed by atoms with E-state index in [9.17, 15) is 14.7 Å². The molecule has 0 aromatic heterocycles. The van der Waals surface area contributed by atoms with Crippen LogP contribution in [0.2, 0.25) is 0 Å². The summed E-state index contributed by atoms with van der Waals surface area (Å²) in [6.45, 7) is 17.9. The zero-order valence-electron chi connectivity index (χ0n) is 22.6. The van der Waals surface area contributed by atoms with Crippen molar-refractivity contribution in [2.24, 2.45) is 11.3 Å². The largest absolute Gasteiger partial charge is 0.463 e. The van der Waals surface area contributed by atoms with Crippen LogP contribution in [0.25, 0.3) is 0 Å². The van der Waals surface area contributed by atoms with Crippen LogP contribution < -0.4 is 5.32 Å². The van der Waals surface area contributed by atoms with Crippen molar-refractivity contribution in [2.75, 3.05) is 27.7 Å². The zero-order chi connectivity index (χ0) is 25.4. The van der Waals surface area contributed by atoms with Gasteiger partial charge in [-0.3, -0.25) is 10.1 Å². The van der Waals surface area contributed by atoms with Crippen LogP contribution in [-0.4, -0.2) is 78.4 Å². The second-order valence-electron chi connectivity index (χ2n) is 10.3. The Balaban J connectivity index is 6.03. The lowest BCUT2D eigenvalue weighted by molar-refractivity contribution is -0.141. The fourth-order valence-electron chi connectivity index (χ4n) is 4.19. The van der Waals surface area contributed by atoms with Crippen molar-refractivity contribution >= 4 is 11.9 Å². The molecule has 0 heterocycles. The van der Waals surface area contributed by atoms with Gasteiger partial charge in [0, 0.05) is 12.6 Å². The van der Waals surface area contributed by atoms with E-state index in [4.69, 9.17) is 4.74 Å². The minimum Gasteiger partial charge on any atom is -0.463 e. The molecular weight excluding hydrogens is 406 g/mol. The lowest BCUT2D eigenvalue weighted by atomic mass is 9.82. The fourth-order valence-corrected chi connectivity index (χ4v) is 4.19. The number of hydrogen-bond donors (Lipinski definition) is 2. The van der Waals surface area contributed by atoms with E-state index < -0.39 is 23.2 Å². The minimum absolute atomic E-state index is 0.0889. The molecule has 7 heteroatoms. The predicted molar refractivity (Wildman–Crippen MR) is 131 cm³/mol. The molecule has 0 aromatic rings. The van der Waals surface area contributed by atoms with E-state index in [0.717, 1.165) is 12.8 Å². The number of esters is 1. The van der Waals surface area contributed by atoms with E-state index in [1.807, 2.05) is 67.5 Å². The van der Waals surface area contributed by atoms with Crippen molar-refractivity contribution in [1.82, 2.24) is 15.1 Å². The maximum Gasteiger partial charge on any atom is 0.333 e. The third-order valence-electron chi connectivity index (χ3n) is 6.56. The SMILES string of the molecule is CCOC(=O)/C(C)=C/[C@H](C(C)C)N(C)C(=O)C(NC(O)C(CC)(CC)N(C)C)C(C)(C)C. The Labute approximate surface area is 196 Å². The molecule has 3 atom stereocenters. The average Bonchev–Trinajstić information content (AvgIpc) is 2.69. The number of nitrogens with one attached hydrogen (secondary N) is 1. The number of amides is 1. The number of ether oxygens (including phenoxy) is 1. The third kappa shape index (κ3) is 7.56. The summed E-state index contributed by atoms with van der Waals surface area (Å²) in [5, 5.41) is 14.5. The van der Waals surface area contributed by atoms with Crippen molar-refractivity contribution in [2.45, 2.75) is 99.0 Å². The molecule has 0 saturated heterocycles. The minimum atomic E-state index is -0.886. The van der Waals surface area contributed by atoms with E-state index in [2.05, 4.69) is 5.32 Å². The fraction of sp³-hybridized carbons (Fsp3) is 0.840. The Bertz CT molecular complexity index is 634. The molecule has 0 saturated carbocycles. The Kier molecular flexibility index (Phi) is 12.1. The van der Waals surface area contributed by atoms with Crippen LogP contribution in [0, 0.1) is 11.3 Å². The number of carbonyl (C=O) groups excluding carboxylic acids is 2. The summed E-state index contributed by atoms with van der Waals surface area (Å²) in [4.78, 5) is 29.6. The van der Waals surface area contributed by atoms with Crippen LogP contribution >= 0.6 is 0 Å². The van der Waals surface area contributed by atoms with E-state index >= 15 is 0 Å². The molecule has 7 nitrogen and oxygen atoms in total. The molecule has 2 N–H and O–H groups in total. The molecule has 0 aromatic carbocycles. The van der Waals surface area contributed by atoms with Gasteiger partial charge in [0.15, 0.2) is 0 Å². The van der Waals surface area contributed by atoms with Gasteiger partial charge in [0.1, 0.15) is 6.23 Å². The smallest absolute Gasteiger partial charge is 0.333 e. The highest BCUT2D eigenvalue weighted by Crippen LogP contribution is 2.29. The summed E-state index contributed by atoms with van der Waals surface area (Å²) in [5.74, 6) is -0.407. The second kappa shape index (κ2) is 12.7. The van der Waals surface area contributed by atoms with Crippen molar-refractivity contribution in [3.63, 3.8) is 0 Å². The summed E-state index contributed by atoms with van der Waals surface area (Å²) < 4.78 is 5.10. The van der Waals surface area contributed by atoms with Crippen LogP contribution in [-0.2, 0) is 14.3 Å². The topological polar surface area (TPSA) is 82.1 Å². The van der Waals surface area contributed by atoms with E-state index in [-0.39, 0.29) is 23.8 Å².